The summed E-state index contributed by atoms with van der Waals surface area (Å²) >= 11 is 0. The number of nitrogens with zero attached hydrogens (tertiary/aromatic N) is 2. The number of hydrogen-bond donors (Lipinski definition) is 2. The third-order valence-electron chi connectivity index (χ3n) is 2.83. The summed E-state index contributed by atoms with van der Waals surface area (Å²) in [4.78, 5) is 23.7. The Kier molecular flexibility index (Phi) is 4.25. The molecule has 7 nitrogen and oxygen atoms in total. The quantitative estimate of drug-likeness (QED) is 0.897. The molecule has 0 radical (unpaired) electrons. The summed E-state index contributed by atoms with van der Waals surface area (Å²) < 4.78 is 5.16. The molecule has 3 N–H and O–H groups in total. The lowest BCUT2D eigenvalue weighted by Crippen LogP contribution is -2.40. The summed E-state index contributed by atoms with van der Waals surface area (Å²) in [7, 11) is 0. The van der Waals surface area contributed by atoms with Gasteiger partial charge in [0.05, 0.1) is 11.7 Å². The van der Waals surface area contributed by atoms with Crippen LogP contribution >= 0.6 is 0 Å². The van der Waals surface area contributed by atoms with Gasteiger partial charge < -0.3 is 15.8 Å². The van der Waals surface area contributed by atoms with E-state index in [1.807, 2.05) is 0 Å². The van der Waals surface area contributed by atoms with Gasteiger partial charge in [0, 0.05) is 10.9 Å². The van der Waals surface area contributed by atoms with Crippen LogP contribution in [-0.4, -0.2) is 27.8 Å². The highest BCUT2D eigenvalue weighted by Crippen LogP contribution is 2.22. The van der Waals surface area contributed by atoms with E-state index in [9.17, 15) is 9.59 Å². The highest BCUT2D eigenvalue weighted by atomic mass is 16.6. The molecule has 7 heteroatoms. The number of alkyl carbamates (subject to hydrolysis) is 1. The van der Waals surface area contributed by atoms with E-state index in [4.69, 9.17) is 10.5 Å². The van der Waals surface area contributed by atoms with Crippen molar-refractivity contribution in [3.05, 3.63) is 36.0 Å². The van der Waals surface area contributed by atoms with Crippen molar-refractivity contribution in [3.63, 3.8) is 0 Å². The molecule has 0 aliphatic rings. The van der Waals surface area contributed by atoms with Crippen LogP contribution in [0.4, 0.5) is 4.79 Å². The van der Waals surface area contributed by atoms with Crippen LogP contribution in [-0.2, 0) is 9.53 Å². The van der Waals surface area contributed by atoms with Crippen molar-refractivity contribution in [1.29, 1.82) is 0 Å². The maximum Gasteiger partial charge on any atom is 0.408 e. The first kappa shape index (κ1) is 15.7. The zero-order chi connectivity index (χ0) is 16.3. The van der Waals surface area contributed by atoms with Gasteiger partial charge in [0.15, 0.2) is 0 Å². The molecule has 2 amide bonds. The smallest absolute Gasteiger partial charge is 0.408 e. The number of amides is 2. The molecule has 1 heterocycles. The molecule has 22 heavy (non-hydrogen) atoms. The second-order valence-electron chi connectivity index (χ2n) is 5.80. The highest BCUT2D eigenvalue weighted by molar-refractivity contribution is 5.91. The molecule has 0 aliphatic carbocycles. The van der Waals surface area contributed by atoms with Crippen molar-refractivity contribution >= 4 is 22.9 Å². The lowest BCUT2D eigenvalue weighted by Gasteiger charge is -2.22. The summed E-state index contributed by atoms with van der Waals surface area (Å²) in [6, 6.07) is 6.11. The van der Waals surface area contributed by atoms with Gasteiger partial charge in [-0.3, -0.25) is 4.79 Å². The Morgan fingerprint density at radius 2 is 1.95 bits per heavy atom. The van der Waals surface area contributed by atoms with Gasteiger partial charge in [0.1, 0.15) is 11.6 Å². The van der Waals surface area contributed by atoms with Crippen molar-refractivity contribution in [2.75, 3.05) is 0 Å². The molecule has 1 unspecified atom stereocenters. The Morgan fingerprint density at radius 3 is 2.59 bits per heavy atom. The zero-order valence-electron chi connectivity index (χ0n) is 12.7. The standard InChI is InChI=1S/C15H18N4O3/c1-15(2,3)22-14(21)18-12(13(16)20)10-8-17-19-11-7-5-4-6-9(10)11/h4-8,12H,1-3H3,(H2,16,20)(H,18,21). The lowest BCUT2D eigenvalue weighted by atomic mass is 10.0. The second-order valence-corrected chi connectivity index (χ2v) is 5.80. The van der Waals surface area contributed by atoms with Crippen molar-refractivity contribution in [1.82, 2.24) is 15.5 Å². The Bertz CT molecular complexity index is 704. The molecule has 0 saturated carbocycles. The fourth-order valence-corrected chi connectivity index (χ4v) is 1.99. The van der Waals surface area contributed by atoms with Crippen LogP contribution in [0.1, 0.15) is 32.4 Å². The largest absolute Gasteiger partial charge is 0.444 e. The zero-order valence-corrected chi connectivity index (χ0v) is 12.7. The topological polar surface area (TPSA) is 107 Å². The van der Waals surface area contributed by atoms with Crippen LogP contribution in [0.3, 0.4) is 0 Å². The second kappa shape index (κ2) is 5.97. The van der Waals surface area contributed by atoms with E-state index in [0.717, 1.165) is 0 Å². The predicted molar refractivity (Wildman–Crippen MR) is 80.8 cm³/mol. The molecule has 1 aromatic carbocycles. The third kappa shape index (κ3) is 3.69. The molecular formula is C15H18N4O3. The van der Waals surface area contributed by atoms with E-state index in [2.05, 4.69) is 15.5 Å². The van der Waals surface area contributed by atoms with Crippen molar-refractivity contribution in [2.24, 2.45) is 5.73 Å². The number of aromatic nitrogens is 2. The average Bonchev–Trinajstić information content (AvgIpc) is 2.42. The number of ether oxygens (including phenoxy) is 1. The van der Waals surface area contributed by atoms with Gasteiger partial charge in [-0.15, -0.1) is 0 Å². The fraction of sp³-hybridized carbons (Fsp3) is 0.333. The summed E-state index contributed by atoms with van der Waals surface area (Å²) in [5, 5.41) is 11.0. The minimum absolute atomic E-state index is 0.476. The van der Waals surface area contributed by atoms with Gasteiger partial charge in [-0.1, -0.05) is 18.2 Å². The van der Waals surface area contributed by atoms with Gasteiger partial charge in [0.2, 0.25) is 5.91 Å². The summed E-state index contributed by atoms with van der Waals surface area (Å²) in [5.74, 6) is -0.705. The van der Waals surface area contributed by atoms with E-state index >= 15 is 0 Å². The van der Waals surface area contributed by atoms with Crippen LogP contribution in [0, 0.1) is 0 Å². The number of primary amides is 1. The summed E-state index contributed by atoms with van der Waals surface area (Å²) in [6.07, 6.45) is 0.687. The van der Waals surface area contributed by atoms with Gasteiger partial charge in [-0.2, -0.15) is 10.2 Å². The minimum atomic E-state index is -1.05. The van der Waals surface area contributed by atoms with Crippen LogP contribution < -0.4 is 11.1 Å². The lowest BCUT2D eigenvalue weighted by molar-refractivity contribution is -0.120. The molecule has 0 bridgehead atoms. The number of benzene rings is 1. The number of nitrogens with one attached hydrogen (secondary N) is 1. The Hall–Kier alpha value is -2.70. The average molecular weight is 302 g/mol. The molecule has 2 aromatic rings. The molecule has 1 atom stereocenters. The molecule has 0 spiro atoms. The van der Waals surface area contributed by atoms with E-state index in [-0.39, 0.29) is 0 Å². The molecule has 2 rings (SSSR count). The van der Waals surface area contributed by atoms with Crippen LogP contribution in [0.15, 0.2) is 30.5 Å². The monoisotopic (exact) mass is 302 g/mol. The molecule has 1 aromatic heterocycles. The third-order valence-corrected chi connectivity index (χ3v) is 2.83. The number of carbonyl (C=O) groups excluding carboxylic acids is 2. The SMILES string of the molecule is CC(C)(C)OC(=O)NC(C(N)=O)c1cnnc2ccccc12. The first-order chi connectivity index (χ1) is 10.3. The molecular weight excluding hydrogens is 284 g/mol. The summed E-state index contributed by atoms with van der Waals surface area (Å²) in [6.45, 7) is 5.19. The maximum atomic E-state index is 11.9. The van der Waals surface area contributed by atoms with Crippen molar-refractivity contribution in [3.8, 4) is 0 Å². The van der Waals surface area contributed by atoms with Crippen LogP contribution in [0.25, 0.3) is 10.9 Å². The first-order valence-corrected chi connectivity index (χ1v) is 6.77. The van der Waals surface area contributed by atoms with E-state index in [0.29, 0.717) is 16.5 Å². The number of hydrogen-bond acceptors (Lipinski definition) is 5. The van der Waals surface area contributed by atoms with Crippen LogP contribution in [0.5, 0.6) is 0 Å². The Balaban J connectivity index is 2.35. The molecule has 0 fully saturated rings. The minimum Gasteiger partial charge on any atom is -0.444 e. The van der Waals surface area contributed by atoms with Gasteiger partial charge >= 0.3 is 6.09 Å². The van der Waals surface area contributed by atoms with E-state index in [1.54, 1.807) is 45.0 Å². The molecule has 116 valence electrons. The van der Waals surface area contributed by atoms with Crippen molar-refractivity contribution in [2.45, 2.75) is 32.4 Å². The van der Waals surface area contributed by atoms with E-state index < -0.39 is 23.6 Å². The fourth-order valence-electron chi connectivity index (χ4n) is 1.99. The Labute approximate surface area is 127 Å². The number of carbonyl (C=O) groups is 2. The molecule has 0 aliphatic heterocycles. The van der Waals surface area contributed by atoms with Gasteiger partial charge in [-0.05, 0) is 26.8 Å². The highest BCUT2D eigenvalue weighted by Gasteiger charge is 2.25. The predicted octanol–water partition coefficient (Wildman–Crippen LogP) is 1.68. The molecule has 0 saturated heterocycles. The number of fused-ring (bicyclic) bond motifs is 1. The number of nitrogens with two attached hydrogens (primary N) is 1. The van der Waals surface area contributed by atoms with Gasteiger partial charge in [-0.25, -0.2) is 4.79 Å². The summed E-state index contributed by atoms with van der Waals surface area (Å²) in [5.41, 5.74) is 5.82. The van der Waals surface area contributed by atoms with Gasteiger partial charge in [0.25, 0.3) is 0 Å². The maximum absolute atomic E-state index is 11.9. The number of rotatable bonds is 3. The Morgan fingerprint density at radius 1 is 1.27 bits per heavy atom. The van der Waals surface area contributed by atoms with E-state index in [1.165, 1.54) is 6.20 Å². The van der Waals surface area contributed by atoms with Crippen LogP contribution in [0.2, 0.25) is 0 Å². The van der Waals surface area contributed by atoms with Crippen molar-refractivity contribution < 1.29 is 14.3 Å². The normalized spacial score (nSPS) is 12.7. The first-order valence-electron chi connectivity index (χ1n) is 6.77.